The monoisotopic (exact) mass is 327 g/mol. The summed E-state index contributed by atoms with van der Waals surface area (Å²) in [6.07, 6.45) is 6.98. The van der Waals surface area contributed by atoms with Crippen molar-refractivity contribution < 1.29 is 9.69 Å². The third kappa shape index (κ3) is 5.70. The van der Waals surface area contributed by atoms with Crippen molar-refractivity contribution in [2.75, 3.05) is 26.2 Å². The van der Waals surface area contributed by atoms with Crippen LogP contribution in [-0.2, 0) is 4.79 Å². The summed E-state index contributed by atoms with van der Waals surface area (Å²) in [5, 5.41) is 3.91. The lowest BCUT2D eigenvalue weighted by atomic mass is 10.2. The zero-order chi connectivity index (χ0) is 15.1. The first-order valence-electron chi connectivity index (χ1n) is 7.40. The minimum Gasteiger partial charge on any atom is -0.352 e. The fourth-order valence-electron chi connectivity index (χ4n) is 2.52. The van der Waals surface area contributed by atoms with Gasteiger partial charge in [0.15, 0.2) is 0 Å². The molecule has 0 radical (unpaired) electrons. The summed E-state index contributed by atoms with van der Waals surface area (Å²) in [5.41, 5.74) is 0.862. The van der Waals surface area contributed by atoms with Crippen LogP contribution in [-0.4, -0.2) is 32.1 Å². The number of nitrogens with one attached hydrogen (secondary N) is 2. The van der Waals surface area contributed by atoms with Gasteiger partial charge >= 0.3 is 0 Å². The fraction of sp³-hybridized carbons (Fsp3) is 0.438. The number of rotatable bonds is 6. The highest BCUT2D eigenvalue weighted by Gasteiger charge is 2.13. The van der Waals surface area contributed by atoms with Gasteiger partial charge in [-0.3, -0.25) is 4.79 Å². The lowest BCUT2D eigenvalue weighted by Crippen LogP contribution is -3.10. The average Bonchev–Trinajstić information content (AvgIpc) is 2.98. The Hall–Kier alpha value is -1.03. The van der Waals surface area contributed by atoms with Crippen molar-refractivity contribution in [1.29, 1.82) is 0 Å². The quantitative estimate of drug-likeness (QED) is 0.609. The summed E-state index contributed by atoms with van der Waals surface area (Å²) >= 11 is 11.8. The summed E-state index contributed by atoms with van der Waals surface area (Å²) in [7, 11) is 0. The smallest absolute Gasteiger partial charge is 0.244 e. The van der Waals surface area contributed by atoms with E-state index in [1.54, 1.807) is 23.1 Å². The summed E-state index contributed by atoms with van der Waals surface area (Å²) in [6, 6.07) is 5.29. The molecule has 0 bridgehead atoms. The van der Waals surface area contributed by atoms with Crippen molar-refractivity contribution in [1.82, 2.24) is 5.32 Å². The first kappa shape index (κ1) is 16.3. The van der Waals surface area contributed by atoms with Crippen LogP contribution in [0.5, 0.6) is 0 Å². The van der Waals surface area contributed by atoms with Gasteiger partial charge in [0.25, 0.3) is 0 Å². The minimum atomic E-state index is -0.0718. The number of likely N-dealkylation sites (tertiary alicyclic amines) is 1. The molecule has 2 N–H and O–H groups in total. The van der Waals surface area contributed by atoms with Crippen molar-refractivity contribution >= 4 is 35.2 Å². The highest BCUT2D eigenvalue weighted by atomic mass is 35.5. The SMILES string of the molecule is O=C(/C=C/c1ccc(Cl)c(Cl)c1)NCCC[NH+]1CCCC1. The molecule has 1 aromatic rings. The van der Waals surface area contributed by atoms with E-state index in [2.05, 4.69) is 5.32 Å². The maximum absolute atomic E-state index is 11.7. The van der Waals surface area contributed by atoms with Crippen LogP contribution in [0.25, 0.3) is 6.08 Å². The van der Waals surface area contributed by atoms with Gasteiger partial charge in [0.05, 0.1) is 29.7 Å². The Morgan fingerprint density at radius 3 is 2.71 bits per heavy atom. The fourth-order valence-corrected chi connectivity index (χ4v) is 2.83. The van der Waals surface area contributed by atoms with Crippen molar-refractivity contribution in [3.05, 3.63) is 39.9 Å². The van der Waals surface area contributed by atoms with E-state index in [-0.39, 0.29) is 5.91 Å². The summed E-state index contributed by atoms with van der Waals surface area (Å²) < 4.78 is 0. The van der Waals surface area contributed by atoms with Gasteiger partial charge < -0.3 is 10.2 Å². The van der Waals surface area contributed by atoms with E-state index in [9.17, 15) is 4.79 Å². The average molecular weight is 328 g/mol. The number of halogens is 2. The lowest BCUT2D eigenvalue weighted by molar-refractivity contribution is -0.887. The molecule has 1 heterocycles. The maximum Gasteiger partial charge on any atom is 0.244 e. The zero-order valence-electron chi connectivity index (χ0n) is 12.0. The van der Waals surface area contributed by atoms with E-state index in [0.717, 1.165) is 25.1 Å². The molecule has 0 saturated carbocycles. The Balaban J connectivity index is 1.68. The molecule has 3 nitrogen and oxygen atoms in total. The molecule has 114 valence electrons. The molecule has 0 unspecified atom stereocenters. The van der Waals surface area contributed by atoms with Crippen molar-refractivity contribution in [2.24, 2.45) is 0 Å². The summed E-state index contributed by atoms with van der Waals surface area (Å²) in [6.45, 7) is 4.45. The second kappa shape index (κ2) is 8.42. The number of carbonyl (C=O) groups excluding carboxylic acids is 1. The van der Waals surface area contributed by atoms with E-state index in [1.807, 2.05) is 6.07 Å². The van der Waals surface area contributed by atoms with Crippen LogP contribution in [0.4, 0.5) is 0 Å². The molecule has 1 aromatic carbocycles. The largest absolute Gasteiger partial charge is 0.352 e. The van der Waals surface area contributed by atoms with Crippen LogP contribution in [0.15, 0.2) is 24.3 Å². The molecule has 1 amide bonds. The Kier molecular flexibility index (Phi) is 6.55. The molecule has 0 atom stereocenters. The van der Waals surface area contributed by atoms with Gasteiger partial charge in [0.1, 0.15) is 0 Å². The minimum absolute atomic E-state index is 0.0718. The predicted molar refractivity (Wildman–Crippen MR) is 87.9 cm³/mol. The molecule has 1 saturated heterocycles. The Morgan fingerprint density at radius 1 is 1.24 bits per heavy atom. The second-order valence-electron chi connectivity index (χ2n) is 5.36. The molecule has 1 aliphatic heterocycles. The third-order valence-electron chi connectivity index (χ3n) is 3.69. The van der Waals surface area contributed by atoms with Crippen LogP contribution in [0, 0.1) is 0 Å². The molecule has 0 aliphatic carbocycles. The van der Waals surface area contributed by atoms with Crippen LogP contribution in [0.3, 0.4) is 0 Å². The molecule has 5 heteroatoms. The molecule has 1 aliphatic rings. The molecular weight excluding hydrogens is 307 g/mol. The third-order valence-corrected chi connectivity index (χ3v) is 4.43. The van der Waals surface area contributed by atoms with Gasteiger partial charge in [0.2, 0.25) is 5.91 Å². The van der Waals surface area contributed by atoms with Crippen LogP contribution in [0.2, 0.25) is 10.0 Å². The van der Waals surface area contributed by atoms with E-state index in [1.165, 1.54) is 32.0 Å². The molecule has 0 aromatic heterocycles. The van der Waals surface area contributed by atoms with Gasteiger partial charge in [-0.25, -0.2) is 0 Å². The molecule has 2 rings (SSSR count). The van der Waals surface area contributed by atoms with Crippen molar-refractivity contribution in [3.63, 3.8) is 0 Å². The van der Waals surface area contributed by atoms with E-state index in [4.69, 9.17) is 23.2 Å². The number of carbonyl (C=O) groups is 1. The van der Waals surface area contributed by atoms with Gasteiger partial charge in [-0.2, -0.15) is 0 Å². The first-order valence-corrected chi connectivity index (χ1v) is 8.15. The topological polar surface area (TPSA) is 33.5 Å². The van der Waals surface area contributed by atoms with E-state index >= 15 is 0 Å². The number of quaternary nitrogens is 1. The summed E-state index contributed by atoms with van der Waals surface area (Å²) in [5.74, 6) is -0.0718. The molecule has 21 heavy (non-hydrogen) atoms. The lowest BCUT2D eigenvalue weighted by Gasteiger charge is -2.11. The molecule has 1 fully saturated rings. The Morgan fingerprint density at radius 2 is 2.00 bits per heavy atom. The number of hydrogen-bond acceptors (Lipinski definition) is 1. The standard InChI is InChI=1S/C16H20Cl2N2O/c17-14-6-4-13(12-15(14)18)5-7-16(21)19-8-3-11-20-9-1-2-10-20/h4-7,12H,1-3,8-11H2,(H,19,21)/p+1/b7-5+. The summed E-state index contributed by atoms with van der Waals surface area (Å²) in [4.78, 5) is 13.4. The predicted octanol–water partition coefficient (Wildman–Crippen LogP) is 2.19. The Labute approximate surface area is 135 Å². The highest BCUT2D eigenvalue weighted by molar-refractivity contribution is 6.42. The Bertz CT molecular complexity index is 511. The van der Waals surface area contributed by atoms with E-state index in [0.29, 0.717) is 10.0 Å². The van der Waals surface area contributed by atoms with Gasteiger partial charge in [-0.1, -0.05) is 29.3 Å². The second-order valence-corrected chi connectivity index (χ2v) is 6.17. The van der Waals surface area contributed by atoms with Crippen LogP contribution in [0.1, 0.15) is 24.8 Å². The van der Waals surface area contributed by atoms with Crippen LogP contribution < -0.4 is 10.2 Å². The maximum atomic E-state index is 11.7. The van der Waals surface area contributed by atoms with Crippen molar-refractivity contribution in [3.8, 4) is 0 Å². The normalized spacial score (nSPS) is 15.7. The molecule has 0 spiro atoms. The zero-order valence-corrected chi connectivity index (χ0v) is 13.5. The van der Waals surface area contributed by atoms with Crippen LogP contribution >= 0.6 is 23.2 Å². The molecular formula is C16H21Cl2N2O+. The van der Waals surface area contributed by atoms with Gasteiger partial charge in [-0.05, 0) is 23.8 Å². The van der Waals surface area contributed by atoms with Gasteiger partial charge in [0, 0.05) is 31.9 Å². The van der Waals surface area contributed by atoms with Crippen molar-refractivity contribution in [2.45, 2.75) is 19.3 Å². The highest BCUT2D eigenvalue weighted by Crippen LogP contribution is 2.22. The number of benzene rings is 1. The first-order chi connectivity index (χ1) is 10.1. The van der Waals surface area contributed by atoms with E-state index < -0.39 is 0 Å². The number of amides is 1. The van der Waals surface area contributed by atoms with Gasteiger partial charge in [-0.15, -0.1) is 0 Å². The number of hydrogen-bond donors (Lipinski definition) is 2.